The molecule has 2 aliphatic heterocycles. The van der Waals surface area contributed by atoms with Gasteiger partial charge in [0.25, 0.3) is 0 Å². The molecule has 0 aromatic rings. The van der Waals surface area contributed by atoms with Crippen LogP contribution in [0, 0.1) is 11.3 Å². The fourth-order valence-electron chi connectivity index (χ4n) is 3.33. The fourth-order valence-corrected chi connectivity index (χ4v) is 3.33. The Morgan fingerprint density at radius 3 is 2.24 bits per heavy atom. The highest BCUT2D eigenvalue weighted by atomic mass is 15.2. The van der Waals surface area contributed by atoms with Crippen molar-refractivity contribution in [3.05, 3.63) is 0 Å². The van der Waals surface area contributed by atoms with Crippen molar-refractivity contribution >= 4 is 0 Å². The standard InChI is InChI=1S/C15H30N2/c1-4-14(3)6-9-17-12-15(13-17)7-10-16(5-2)11-8-15/h14H,4-13H2,1-3H3. The molecule has 17 heavy (non-hydrogen) atoms. The fraction of sp³-hybridized carbons (Fsp3) is 1.00. The van der Waals surface area contributed by atoms with Crippen molar-refractivity contribution in [1.82, 2.24) is 9.80 Å². The van der Waals surface area contributed by atoms with Crippen LogP contribution in [0.4, 0.5) is 0 Å². The highest BCUT2D eigenvalue weighted by Gasteiger charge is 2.43. The molecule has 1 unspecified atom stereocenters. The van der Waals surface area contributed by atoms with Gasteiger partial charge < -0.3 is 9.80 Å². The van der Waals surface area contributed by atoms with Crippen LogP contribution >= 0.6 is 0 Å². The molecule has 0 saturated carbocycles. The maximum absolute atomic E-state index is 2.69. The van der Waals surface area contributed by atoms with Crippen molar-refractivity contribution in [3.63, 3.8) is 0 Å². The van der Waals surface area contributed by atoms with Crippen LogP contribution in [-0.4, -0.2) is 49.1 Å². The summed E-state index contributed by atoms with van der Waals surface area (Å²) in [5.74, 6) is 0.911. The van der Waals surface area contributed by atoms with Crippen molar-refractivity contribution in [2.24, 2.45) is 11.3 Å². The predicted molar refractivity (Wildman–Crippen MR) is 74.3 cm³/mol. The summed E-state index contributed by atoms with van der Waals surface area (Å²) in [4.78, 5) is 5.29. The molecule has 2 fully saturated rings. The van der Waals surface area contributed by atoms with Gasteiger partial charge in [-0.05, 0) is 56.8 Å². The lowest BCUT2D eigenvalue weighted by Crippen LogP contribution is -2.60. The maximum atomic E-state index is 2.69. The van der Waals surface area contributed by atoms with Gasteiger partial charge >= 0.3 is 0 Å². The lowest BCUT2D eigenvalue weighted by atomic mass is 9.72. The number of piperidine rings is 1. The normalized spacial score (nSPS) is 27.0. The number of likely N-dealkylation sites (tertiary alicyclic amines) is 2. The van der Waals surface area contributed by atoms with Crippen molar-refractivity contribution in [3.8, 4) is 0 Å². The molecule has 100 valence electrons. The van der Waals surface area contributed by atoms with Gasteiger partial charge in [0.2, 0.25) is 0 Å². The van der Waals surface area contributed by atoms with Crippen molar-refractivity contribution in [2.45, 2.75) is 46.5 Å². The molecule has 2 saturated heterocycles. The maximum Gasteiger partial charge on any atom is 0.00514 e. The molecular weight excluding hydrogens is 208 g/mol. The van der Waals surface area contributed by atoms with Crippen LogP contribution in [0.15, 0.2) is 0 Å². The third kappa shape index (κ3) is 3.23. The second-order valence-electron chi connectivity index (χ2n) is 6.45. The molecule has 0 aromatic carbocycles. The largest absolute Gasteiger partial charge is 0.304 e. The Hall–Kier alpha value is -0.0800. The van der Waals surface area contributed by atoms with Crippen LogP contribution in [0.2, 0.25) is 0 Å². The number of rotatable bonds is 5. The van der Waals surface area contributed by atoms with E-state index in [1.807, 2.05) is 0 Å². The van der Waals surface area contributed by atoms with E-state index in [0.717, 1.165) is 11.3 Å². The van der Waals surface area contributed by atoms with Crippen LogP contribution in [0.3, 0.4) is 0 Å². The summed E-state index contributed by atoms with van der Waals surface area (Å²) < 4.78 is 0. The summed E-state index contributed by atoms with van der Waals surface area (Å²) in [5.41, 5.74) is 0.723. The molecule has 2 nitrogen and oxygen atoms in total. The minimum absolute atomic E-state index is 0.723. The molecule has 0 N–H and O–H groups in total. The van der Waals surface area contributed by atoms with E-state index in [4.69, 9.17) is 0 Å². The molecule has 1 atom stereocenters. The lowest BCUT2D eigenvalue weighted by molar-refractivity contribution is -0.0472. The topological polar surface area (TPSA) is 6.48 Å². The predicted octanol–water partition coefficient (Wildman–Crippen LogP) is 2.84. The van der Waals surface area contributed by atoms with E-state index in [-0.39, 0.29) is 0 Å². The van der Waals surface area contributed by atoms with Crippen LogP contribution < -0.4 is 0 Å². The van der Waals surface area contributed by atoms with Gasteiger partial charge in [0, 0.05) is 13.1 Å². The Balaban J connectivity index is 1.65. The molecule has 0 bridgehead atoms. The molecule has 0 aromatic heterocycles. The van der Waals surface area contributed by atoms with Gasteiger partial charge in [-0.2, -0.15) is 0 Å². The van der Waals surface area contributed by atoms with Crippen LogP contribution in [0.1, 0.15) is 46.5 Å². The summed E-state index contributed by atoms with van der Waals surface area (Å²) in [6.07, 6.45) is 5.62. The van der Waals surface area contributed by atoms with E-state index in [9.17, 15) is 0 Å². The highest BCUT2D eigenvalue weighted by Crippen LogP contribution is 2.40. The SMILES string of the molecule is CCC(C)CCN1CC2(CCN(CC)CC2)C1. The average molecular weight is 238 g/mol. The highest BCUT2D eigenvalue weighted by molar-refractivity contribution is 4.97. The van der Waals surface area contributed by atoms with Gasteiger partial charge in [-0.3, -0.25) is 0 Å². The summed E-state index contributed by atoms with van der Waals surface area (Å²) in [6, 6.07) is 0. The van der Waals surface area contributed by atoms with Crippen LogP contribution in [0.25, 0.3) is 0 Å². The minimum atomic E-state index is 0.723. The van der Waals surface area contributed by atoms with E-state index in [1.165, 1.54) is 65.0 Å². The average Bonchev–Trinajstić information content (AvgIpc) is 2.33. The Labute approximate surface area is 107 Å². The molecule has 0 aliphatic carbocycles. The first kappa shape index (κ1) is 13.4. The zero-order chi connectivity index (χ0) is 12.3. The first-order valence-electron chi connectivity index (χ1n) is 7.62. The number of hydrogen-bond acceptors (Lipinski definition) is 2. The number of hydrogen-bond donors (Lipinski definition) is 0. The van der Waals surface area contributed by atoms with E-state index in [2.05, 4.69) is 30.6 Å². The molecule has 2 heteroatoms. The van der Waals surface area contributed by atoms with E-state index in [1.54, 1.807) is 0 Å². The summed E-state index contributed by atoms with van der Waals surface area (Å²) in [6.45, 7) is 15.0. The lowest BCUT2D eigenvalue weighted by Gasteiger charge is -2.54. The Bertz CT molecular complexity index is 223. The Morgan fingerprint density at radius 2 is 1.71 bits per heavy atom. The smallest absolute Gasteiger partial charge is 0.00514 e. The van der Waals surface area contributed by atoms with Gasteiger partial charge in [0.05, 0.1) is 0 Å². The summed E-state index contributed by atoms with van der Waals surface area (Å²) in [7, 11) is 0. The molecule has 2 rings (SSSR count). The molecule has 2 aliphatic rings. The molecule has 0 amide bonds. The zero-order valence-electron chi connectivity index (χ0n) is 12.0. The van der Waals surface area contributed by atoms with Gasteiger partial charge in [-0.25, -0.2) is 0 Å². The van der Waals surface area contributed by atoms with Crippen LogP contribution in [0.5, 0.6) is 0 Å². The van der Waals surface area contributed by atoms with E-state index >= 15 is 0 Å². The van der Waals surface area contributed by atoms with Gasteiger partial charge in [0.1, 0.15) is 0 Å². The van der Waals surface area contributed by atoms with E-state index in [0.29, 0.717) is 0 Å². The Morgan fingerprint density at radius 1 is 1.06 bits per heavy atom. The third-order valence-electron chi connectivity index (χ3n) is 5.12. The van der Waals surface area contributed by atoms with Crippen molar-refractivity contribution in [1.29, 1.82) is 0 Å². The third-order valence-corrected chi connectivity index (χ3v) is 5.12. The zero-order valence-corrected chi connectivity index (χ0v) is 12.0. The van der Waals surface area contributed by atoms with Crippen LogP contribution in [-0.2, 0) is 0 Å². The van der Waals surface area contributed by atoms with Crippen molar-refractivity contribution in [2.75, 3.05) is 39.3 Å². The van der Waals surface area contributed by atoms with E-state index < -0.39 is 0 Å². The van der Waals surface area contributed by atoms with Crippen molar-refractivity contribution < 1.29 is 0 Å². The molecular formula is C15H30N2. The quantitative estimate of drug-likeness (QED) is 0.727. The first-order valence-corrected chi connectivity index (χ1v) is 7.62. The first-order chi connectivity index (χ1) is 8.17. The van der Waals surface area contributed by atoms with Gasteiger partial charge in [-0.1, -0.05) is 27.2 Å². The monoisotopic (exact) mass is 238 g/mol. The summed E-state index contributed by atoms with van der Waals surface area (Å²) in [5, 5.41) is 0. The van der Waals surface area contributed by atoms with Gasteiger partial charge in [0.15, 0.2) is 0 Å². The van der Waals surface area contributed by atoms with Gasteiger partial charge in [-0.15, -0.1) is 0 Å². The second-order valence-corrected chi connectivity index (χ2v) is 6.45. The summed E-state index contributed by atoms with van der Waals surface area (Å²) >= 11 is 0. The second kappa shape index (κ2) is 5.71. The molecule has 1 spiro atoms. The molecule has 2 heterocycles. The number of nitrogens with zero attached hydrogens (tertiary/aromatic N) is 2. The minimum Gasteiger partial charge on any atom is -0.304 e. The Kier molecular flexibility index (Phi) is 4.48. The molecule has 0 radical (unpaired) electrons.